The Labute approximate surface area is 117 Å². The maximum atomic E-state index is 13.6. The Morgan fingerprint density at radius 1 is 1.25 bits per heavy atom. The quantitative estimate of drug-likeness (QED) is 0.788. The van der Waals surface area contributed by atoms with Crippen LogP contribution in [0, 0.1) is 11.6 Å². The largest absolute Gasteiger partial charge is 0.441 e. The number of rotatable bonds is 7. The van der Waals surface area contributed by atoms with Gasteiger partial charge in [-0.1, -0.05) is 6.92 Å². The zero-order valence-corrected chi connectivity index (χ0v) is 11.5. The molecule has 2 aromatic rings. The summed E-state index contributed by atoms with van der Waals surface area (Å²) in [6, 6.07) is 3.40. The van der Waals surface area contributed by atoms with Gasteiger partial charge in [-0.2, -0.15) is 0 Å². The van der Waals surface area contributed by atoms with Gasteiger partial charge in [0.1, 0.15) is 11.6 Å². The number of aryl methyl sites for hydroxylation is 1. The van der Waals surface area contributed by atoms with Crippen LogP contribution in [0.25, 0.3) is 11.3 Å². The molecule has 0 aliphatic rings. The van der Waals surface area contributed by atoms with E-state index in [1.54, 1.807) is 0 Å². The highest BCUT2D eigenvalue weighted by Crippen LogP contribution is 2.24. The van der Waals surface area contributed by atoms with Gasteiger partial charge in [0, 0.05) is 12.5 Å². The Hall–Kier alpha value is -1.75. The van der Waals surface area contributed by atoms with E-state index < -0.39 is 11.6 Å². The number of benzene rings is 1. The first-order valence-corrected chi connectivity index (χ1v) is 6.81. The van der Waals surface area contributed by atoms with Crippen LogP contribution < -0.4 is 5.32 Å². The summed E-state index contributed by atoms with van der Waals surface area (Å²) < 4.78 is 31.9. The van der Waals surface area contributed by atoms with Crippen molar-refractivity contribution in [2.45, 2.75) is 26.2 Å². The molecule has 0 saturated heterocycles. The second kappa shape index (κ2) is 7.14. The molecule has 0 bridgehead atoms. The number of nitrogens with one attached hydrogen (secondary N) is 1. The molecule has 108 valence electrons. The van der Waals surface area contributed by atoms with Crippen LogP contribution in [0.2, 0.25) is 0 Å². The van der Waals surface area contributed by atoms with Crippen molar-refractivity contribution in [3.05, 3.63) is 41.9 Å². The molecule has 0 radical (unpaired) electrons. The fraction of sp³-hybridized carbons (Fsp3) is 0.400. The monoisotopic (exact) mass is 280 g/mol. The van der Waals surface area contributed by atoms with Gasteiger partial charge in [0.15, 0.2) is 11.7 Å². The predicted octanol–water partition coefficient (Wildman–Crippen LogP) is 3.55. The first kappa shape index (κ1) is 14.7. The molecule has 5 heteroatoms. The van der Waals surface area contributed by atoms with E-state index in [1.165, 1.54) is 18.3 Å². The molecule has 0 saturated carbocycles. The molecule has 0 amide bonds. The second-order valence-electron chi connectivity index (χ2n) is 4.60. The number of halogens is 2. The molecule has 3 nitrogen and oxygen atoms in total. The van der Waals surface area contributed by atoms with Crippen LogP contribution in [0.4, 0.5) is 8.78 Å². The zero-order valence-electron chi connectivity index (χ0n) is 11.5. The summed E-state index contributed by atoms with van der Waals surface area (Å²) in [5.41, 5.74) is 0.231. The van der Waals surface area contributed by atoms with Gasteiger partial charge >= 0.3 is 0 Å². The van der Waals surface area contributed by atoms with Gasteiger partial charge in [-0.25, -0.2) is 13.8 Å². The van der Waals surface area contributed by atoms with Gasteiger partial charge in [0.25, 0.3) is 0 Å². The molecule has 0 fully saturated rings. The van der Waals surface area contributed by atoms with E-state index in [0.717, 1.165) is 32.0 Å². The maximum Gasteiger partial charge on any atom is 0.194 e. The first-order valence-electron chi connectivity index (χ1n) is 6.81. The average molecular weight is 280 g/mol. The third-order valence-electron chi connectivity index (χ3n) is 2.92. The lowest BCUT2D eigenvalue weighted by Crippen LogP contribution is -2.16. The van der Waals surface area contributed by atoms with Crippen molar-refractivity contribution >= 4 is 0 Å². The molecule has 0 atom stereocenters. The Bertz CT molecular complexity index is 555. The second-order valence-corrected chi connectivity index (χ2v) is 4.60. The zero-order chi connectivity index (χ0) is 14.4. The molecule has 0 aliphatic carbocycles. The van der Waals surface area contributed by atoms with Crippen molar-refractivity contribution in [1.82, 2.24) is 10.3 Å². The standard InChI is InChI=1S/C15H18F2N2O/c1-2-7-18-8-3-4-15-19-10-14(20-15)12-6-5-11(16)9-13(12)17/h5-6,9-10,18H,2-4,7-8H2,1H3. The normalized spacial score (nSPS) is 10.9. The average Bonchev–Trinajstić information content (AvgIpc) is 2.87. The summed E-state index contributed by atoms with van der Waals surface area (Å²) in [4.78, 5) is 4.12. The third kappa shape index (κ3) is 3.87. The molecule has 1 N–H and O–H groups in total. The highest BCUT2D eigenvalue weighted by atomic mass is 19.1. The van der Waals surface area contributed by atoms with Crippen molar-refractivity contribution in [3.8, 4) is 11.3 Å². The van der Waals surface area contributed by atoms with E-state index in [1.807, 2.05) is 0 Å². The molecule has 2 rings (SSSR count). The predicted molar refractivity (Wildman–Crippen MR) is 73.3 cm³/mol. The van der Waals surface area contributed by atoms with Gasteiger partial charge in [-0.15, -0.1) is 0 Å². The molecular weight excluding hydrogens is 262 g/mol. The Kier molecular flexibility index (Phi) is 5.24. The Balaban J connectivity index is 1.95. The number of aromatic nitrogens is 1. The third-order valence-corrected chi connectivity index (χ3v) is 2.92. The van der Waals surface area contributed by atoms with E-state index >= 15 is 0 Å². The van der Waals surface area contributed by atoms with E-state index in [0.29, 0.717) is 18.1 Å². The van der Waals surface area contributed by atoms with Crippen molar-refractivity contribution in [1.29, 1.82) is 0 Å². The van der Waals surface area contributed by atoms with E-state index in [2.05, 4.69) is 17.2 Å². The van der Waals surface area contributed by atoms with Crippen LogP contribution in [-0.4, -0.2) is 18.1 Å². The van der Waals surface area contributed by atoms with Crippen LogP contribution in [0.3, 0.4) is 0 Å². The van der Waals surface area contributed by atoms with Gasteiger partial charge in [0.2, 0.25) is 0 Å². The number of hydrogen-bond acceptors (Lipinski definition) is 3. The molecule has 0 spiro atoms. The lowest BCUT2D eigenvalue weighted by molar-refractivity contribution is 0.488. The number of nitrogens with zero attached hydrogens (tertiary/aromatic N) is 1. The molecule has 1 aromatic carbocycles. The van der Waals surface area contributed by atoms with Crippen LogP contribution in [0.5, 0.6) is 0 Å². The number of oxazole rings is 1. The SMILES string of the molecule is CCCNCCCc1ncc(-c2ccc(F)cc2F)o1. The van der Waals surface area contributed by atoms with Gasteiger partial charge in [-0.05, 0) is 38.1 Å². The maximum absolute atomic E-state index is 13.6. The minimum atomic E-state index is -0.641. The highest BCUT2D eigenvalue weighted by molar-refractivity contribution is 5.57. The minimum absolute atomic E-state index is 0.231. The van der Waals surface area contributed by atoms with E-state index in [9.17, 15) is 8.78 Å². The molecule has 1 heterocycles. The summed E-state index contributed by atoms with van der Waals surface area (Å²) in [5.74, 6) is -0.341. The fourth-order valence-corrected chi connectivity index (χ4v) is 1.91. The number of hydrogen-bond donors (Lipinski definition) is 1. The van der Waals surface area contributed by atoms with Crippen LogP contribution >= 0.6 is 0 Å². The molecular formula is C15H18F2N2O. The topological polar surface area (TPSA) is 38.1 Å². The molecule has 1 aromatic heterocycles. The lowest BCUT2D eigenvalue weighted by Gasteiger charge is -2.01. The van der Waals surface area contributed by atoms with Gasteiger partial charge in [0.05, 0.1) is 11.8 Å². The van der Waals surface area contributed by atoms with E-state index in [-0.39, 0.29) is 5.56 Å². The van der Waals surface area contributed by atoms with Crippen LogP contribution in [-0.2, 0) is 6.42 Å². The summed E-state index contributed by atoms with van der Waals surface area (Å²) in [7, 11) is 0. The molecule has 20 heavy (non-hydrogen) atoms. The smallest absolute Gasteiger partial charge is 0.194 e. The van der Waals surface area contributed by atoms with Gasteiger partial charge in [-0.3, -0.25) is 0 Å². The van der Waals surface area contributed by atoms with Crippen LogP contribution in [0.1, 0.15) is 25.7 Å². The summed E-state index contributed by atoms with van der Waals surface area (Å²) in [6.45, 7) is 4.01. The summed E-state index contributed by atoms with van der Waals surface area (Å²) in [5, 5.41) is 3.29. The first-order chi connectivity index (χ1) is 9.70. The minimum Gasteiger partial charge on any atom is -0.441 e. The summed E-state index contributed by atoms with van der Waals surface area (Å²) >= 11 is 0. The van der Waals surface area contributed by atoms with Crippen molar-refractivity contribution in [3.63, 3.8) is 0 Å². The Morgan fingerprint density at radius 2 is 2.10 bits per heavy atom. The van der Waals surface area contributed by atoms with Gasteiger partial charge < -0.3 is 9.73 Å². The van der Waals surface area contributed by atoms with Crippen LogP contribution in [0.15, 0.2) is 28.8 Å². The lowest BCUT2D eigenvalue weighted by atomic mass is 10.2. The Morgan fingerprint density at radius 3 is 2.85 bits per heavy atom. The highest BCUT2D eigenvalue weighted by Gasteiger charge is 2.11. The molecule has 0 unspecified atom stereocenters. The molecule has 0 aliphatic heterocycles. The van der Waals surface area contributed by atoms with Crippen molar-refractivity contribution in [2.75, 3.05) is 13.1 Å². The van der Waals surface area contributed by atoms with Crippen molar-refractivity contribution < 1.29 is 13.2 Å². The fourth-order valence-electron chi connectivity index (χ4n) is 1.91. The summed E-state index contributed by atoms with van der Waals surface area (Å²) in [6.07, 6.45) is 4.18. The van der Waals surface area contributed by atoms with Crippen molar-refractivity contribution in [2.24, 2.45) is 0 Å². The van der Waals surface area contributed by atoms with E-state index in [4.69, 9.17) is 4.42 Å².